The Kier molecular flexibility index (Phi) is 5.23. The van der Waals surface area contributed by atoms with Crippen LogP contribution < -0.4 is 4.90 Å². The predicted molar refractivity (Wildman–Crippen MR) is 127 cm³/mol. The minimum Gasteiger partial charge on any atom is -0.367 e. The van der Waals surface area contributed by atoms with Crippen LogP contribution >= 0.6 is 11.3 Å². The molecule has 0 bridgehead atoms. The number of aromatic nitrogens is 2. The standard InChI is InChI=1S/C24H27N5O3S/c1-24(2,3)13-19(30)27-9-7-26(8-10-27)18-6-4-5-17-20(18)22(32)29(21(17)31)15-16-14-28-11-12-33-23(28)25-16/h4-6,11-12,14H,7-10,13,15H2,1-3H3. The molecule has 8 nitrogen and oxygen atoms in total. The summed E-state index contributed by atoms with van der Waals surface area (Å²) in [7, 11) is 0. The smallest absolute Gasteiger partial charge is 0.264 e. The van der Waals surface area contributed by atoms with Crippen LogP contribution in [-0.4, -0.2) is 63.1 Å². The van der Waals surface area contributed by atoms with Gasteiger partial charge in [-0.05, 0) is 17.5 Å². The number of piperazine rings is 1. The van der Waals surface area contributed by atoms with Crippen LogP contribution in [0, 0.1) is 5.41 Å². The third kappa shape index (κ3) is 4.01. The van der Waals surface area contributed by atoms with Crippen LogP contribution in [0.2, 0.25) is 0 Å². The molecule has 4 heterocycles. The van der Waals surface area contributed by atoms with Crippen LogP contribution in [0.3, 0.4) is 0 Å². The number of carbonyl (C=O) groups excluding carboxylic acids is 3. The molecule has 2 aliphatic heterocycles. The molecule has 0 saturated carbocycles. The Hall–Kier alpha value is -3.20. The van der Waals surface area contributed by atoms with Gasteiger partial charge in [0, 0.05) is 50.4 Å². The van der Waals surface area contributed by atoms with E-state index in [-0.39, 0.29) is 29.7 Å². The van der Waals surface area contributed by atoms with Crippen LogP contribution in [0.4, 0.5) is 5.69 Å². The Labute approximate surface area is 196 Å². The Bertz CT molecular complexity index is 1220. The zero-order chi connectivity index (χ0) is 23.3. The number of rotatable bonds is 4. The highest BCUT2D eigenvalue weighted by Crippen LogP contribution is 2.33. The summed E-state index contributed by atoms with van der Waals surface area (Å²) in [5, 5.41) is 1.94. The zero-order valence-corrected chi connectivity index (χ0v) is 19.9. The first kappa shape index (κ1) is 21.6. The lowest BCUT2D eigenvalue weighted by atomic mass is 9.91. The molecule has 0 unspecified atom stereocenters. The topological polar surface area (TPSA) is 78.2 Å². The van der Waals surface area contributed by atoms with Crippen LogP contribution in [0.25, 0.3) is 4.96 Å². The Morgan fingerprint density at radius 1 is 1.09 bits per heavy atom. The molecule has 3 aromatic rings. The van der Waals surface area contributed by atoms with E-state index in [4.69, 9.17) is 0 Å². The lowest BCUT2D eigenvalue weighted by molar-refractivity contribution is -0.133. The number of carbonyl (C=O) groups is 3. The molecular weight excluding hydrogens is 438 g/mol. The molecule has 0 radical (unpaired) electrons. The second-order valence-electron chi connectivity index (χ2n) is 9.83. The number of imide groups is 1. The Balaban J connectivity index is 1.33. The maximum Gasteiger partial charge on any atom is 0.264 e. The largest absolute Gasteiger partial charge is 0.367 e. The molecule has 1 fully saturated rings. The van der Waals surface area contributed by atoms with Gasteiger partial charge in [0.1, 0.15) is 0 Å². The zero-order valence-electron chi connectivity index (χ0n) is 19.1. The van der Waals surface area contributed by atoms with Crippen molar-refractivity contribution in [3.63, 3.8) is 0 Å². The molecule has 1 aromatic carbocycles. The first-order valence-corrected chi connectivity index (χ1v) is 12.0. The van der Waals surface area contributed by atoms with Crippen molar-refractivity contribution in [3.8, 4) is 0 Å². The average Bonchev–Trinajstić information content (AvgIpc) is 3.42. The molecule has 33 heavy (non-hydrogen) atoms. The molecule has 0 atom stereocenters. The summed E-state index contributed by atoms with van der Waals surface area (Å²) in [6, 6.07) is 5.44. The van der Waals surface area contributed by atoms with Crippen molar-refractivity contribution in [2.75, 3.05) is 31.1 Å². The fourth-order valence-electron chi connectivity index (χ4n) is 4.50. The third-order valence-electron chi connectivity index (χ3n) is 6.09. The molecule has 5 rings (SSSR count). The lowest BCUT2D eigenvalue weighted by Crippen LogP contribution is -2.49. The van der Waals surface area contributed by atoms with Gasteiger partial charge < -0.3 is 9.80 Å². The summed E-state index contributed by atoms with van der Waals surface area (Å²) in [6.45, 7) is 8.82. The van der Waals surface area contributed by atoms with Gasteiger partial charge in [-0.15, -0.1) is 11.3 Å². The summed E-state index contributed by atoms with van der Waals surface area (Å²) < 4.78 is 1.89. The molecule has 2 aliphatic rings. The van der Waals surface area contributed by atoms with Crippen LogP contribution in [0.5, 0.6) is 0 Å². The highest BCUT2D eigenvalue weighted by molar-refractivity contribution is 7.15. The van der Waals surface area contributed by atoms with Crippen molar-refractivity contribution >= 4 is 39.7 Å². The van der Waals surface area contributed by atoms with Crippen LogP contribution in [0.15, 0.2) is 36.0 Å². The number of hydrogen-bond acceptors (Lipinski definition) is 6. The first-order chi connectivity index (χ1) is 15.7. The normalized spacial score (nSPS) is 16.8. The number of nitrogens with zero attached hydrogens (tertiary/aromatic N) is 5. The minimum absolute atomic E-state index is 0.0467. The van der Waals surface area contributed by atoms with E-state index in [1.54, 1.807) is 6.07 Å². The van der Waals surface area contributed by atoms with Gasteiger partial charge in [-0.25, -0.2) is 4.98 Å². The Morgan fingerprint density at radius 3 is 2.55 bits per heavy atom. The maximum atomic E-state index is 13.3. The number of thiazole rings is 1. The molecule has 0 N–H and O–H groups in total. The highest BCUT2D eigenvalue weighted by atomic mass is 32.1. The predicted octanol–water partition coefficient (Wildman–Crippen LogP) is 3.28. The van der Waals surface area contributed by atoms with Gasteiger partial charge in [-0.2, -0.15) is 0 Å². The summed E-state index contributed by atoms with van der Waals surface area (Å²) in [4.78, 5) is 49.7. The van der Waals surface area contributed by atoms with Gasteiger partial charge in [0.15, 0.2) is 4.96 Å². The number of anilines is 1. The quantitative estimate of drug-likeness (QED) is 0.553. The van der Waals surface area contributed by atoms with Gasteiger partial charge in [-0.3, -0.25) is 23.7 Å². The van der Waals surface area contributed by atoms with Gasteiger partial charge in [0.25, 0.3) is 11.8 Å². The van der Waals surface area contributed by atoms with Crippen molar-refractivity contribution in [1.29, 1.82) is 0 Å². The van der Waals surface area contributed by atoms with E-state index in [1.807, 2.05) is 39.2 Å². The average molecular weight is 466 g/mol. The SMILES string of the molecule is CC(C)(C)CC(=O)N1CCN(c2cccc3c2C(=O)N(Cc2cn4ccsc4n2)C3=O)CC1. The molecular formula is C24H27N5O3S. The molecule has 0 spiro atoms. The monoisotopic (exact) mass is 465 g/mol. The first-order valence-electron chi connectivity index (χ1n) is 11.1. The number of hydrogen-bond donors (Lipinski definition) is 0. The fourth-order valence-corrected chi connectivity index (χ4v) is 5.22. The van der Waals surface area contributed by atoms with Gasteiger partial charge in [0.05, 0.1) is 29.1 Å². The summed E-state index contributed by atoms with van der Waals surface area (Å²) in [5.41, 5.74) is 2.29. The van der Waals surface area contributed by atoms with E-state index < -0.39 is 0 Å². The highest BCUT2D eigenvalue weighted by Gasteiger charge is 2.39. The number of amides is 3. The molecule has 2 aromatic heterocycles. The van der Waals surface area contributed by atoms with E-state index >= 15 is 0 Å². The number of fused-ring (bicyclic) bond motifs is 2. The fraction of sp³-hybridized carbons (Fsp3) is 0.417. The number of imidazole rings is 1. The van der Waals surface area contributed by atoms with E-state index in [9.17, 15) is 14.4 Å². The van der Waals surface area contributed by atoms with E-state index in [1.165, 1.54) is 16.2 Å². The van der Waals surface area contributed by atoms with E-state index in [0.717, 1.165) is 10.6 Å². The second-order valence-corrected chi connectivity index (χ2v) is 10.7. The van der Waals surface area contributed by atoms with Gasteiger partial charge in [-0.1, -0.05) is 26.8 Å². The Morgan fingerprint density at radius 2 is 1.85 bits per heavy atom. The molecule has 9 heteroatoms. The third-order valence-corrected chi connectivity index (χ3v) is 6.87. The molecule has 3 amide bonds. The number of benzene rings is 1. The molecule has 172 valence electrons. The van der Waals surface area contributed by atoms with Gasteiger partial charge in [0.2, 0.25) is 5.91 Å². The van der Waals surface area contributed by atoms with E-state index in [2.05, 4.69) is 30.7 Å². The van der Waals surface area contributed by atoms with Crippen molar-refractivity contribution < 1.29 is 14.4 Å². The van der Waals surface area contributed by atoms with Crippen LogP contribution in [-0.2, 0) is 11.3 Å². The maximum absolute atomic E-state index is 13.3. The van der Waals surface area contributed by atoms with Crippen LogP contribution in [0.1, 0.15) is 53.6 Å². The molecule has 1 saturated heterocycles. The van der Waals surface area contributed by atoms with Crippen molar-refractivity contribution in [1.82, 2.24) is 19.2 Å². The second kappa shape index (κ2) is 7.98. The van der Waals surface area contributed by atoms with Crippen molar-refractivity contribution in [2.24, 2.45) is 5.41 Å². The van der Waals surface area contributed by atoms with Gasteiger partial charge >= 0.3 is 0 Å². The summed E-state index contributed by atoms with van der Waals surface area (Å²) >= 11 is 1.51. The summed E-state index contributed by atoms with van der Waals surface area (Å²) in [6.07, 6.45) is 4.27. The summed E-state index contributed by atoms with van der Waals surface area (Å²) in [5.74, 6) is -0.404. The van der Waals surface area contributed by atoms with Crippen molar-refractivity contribution in [2.45, 2.75) is 33.7 Å². The van der Waals surface area contributed by atoms with E-state index in [0.29, 0.717) is 49.4 Å². The van der Waals surface area contributed by atoms with Crippen molar-refractivity contribution in [3.05, 3.63) is 52.8 Å². The molecule has 0 aliphatic carbocycles. The lowest BCUT2D eigenvalue weighted by Gasteiger charge is -2.37. The minimum atomic E-state index is -0.285.